The summed E-state index contributed by atoms with van der Waals surface area (Å²) >= 11 is 0. The summed E-state index contributed by atoms with van der Waals surface area (Å²) in [7, 11) is -3.80. The highest BCUT2D eigenvalue weighted by Gasteiger charge is 2.37. The first kappa shape index (κ1) is 16.1. The normalized spacial score (nSPS) is 12.2. The van der Waals surface area contributed by atoms with Crippen molar-refractivity contribution < 1.29 is 18.4 Å². The molecule has 0 aromatic heterocycles. The lowest BCUT2D eigenvalue weighted by Gasteiger charge is -2.21. The van der Waals surface area contributed by atoms with Crippen LogP contribution < -0.4 is 0 Å². The molecule has 0 aliphatic heterocycles. The van der Waals surface area contributed by atoms with E-state index in [1.807, 2.05) is 13.0 Å². The summed E-state index contributed by atoms with van der Waals surface area (Å²) in [4.78, 5) is 12.4. The van der Waals surface area contributed by atoms with Crippen LogP contribution in [0, 0.1) is 6.92 Å². The maximum atomic E-state index is 12.7. The van der Waals surface area contributed by atoms with Gasteiger partial charge in [0.1, 0.15) is 0 Å². The monoisotopic (exact) mass is 284 g/mol. The van der Waals surface area contributed by atoms with Crippen LogP contribution in [0.3, 0.4) is 0 Å². The molecule has 0 atom stereocenters. The molecule has 0 amide bonds. The van der Waals surface area contributed by atoms with Gasteiger partial charge >= 0.3 is 7.60 Å². The van der Waals surface area contributed by atoms with Gasteiger partial charge in [0.15, 0.2) is 0 Å². The molecule has 0 aliphatic rings. The number of hydrogen-bond donors (Lipinski definition) is 0. The third kappa shape index (κ3) is 4.57. The van der Waals surface area contributed by atoms with Crippen LogP contribution in [-0.4, -0.2) is 17.7 Å². The molecule has 19 heavy (non-hydrogen) atoms. The average Bonchev–Trinajstić information content (AvgIpc) is 2.25. The largest absolute Gasteiger partial charge is 0.402 e. The Morgan fingerprint density at radius 3 is 2.05 bits per heavy atom. The van der Waals surface area contributed by atoms with Crippen molar-refractivity contribution in [2.24, 2.45) is 0 Å². The van der Waals surface area contributed by atoms with Gasteiger partial charge in [-0.3, -0.25) is 9.36 Å². The standard InChI is InChI=1S/C14H21O4P/c1-10(2)17-19(16,18-11(3)4)14(15)13-8-6-7-12(5)9-13/h6-11H,1-5H3. The molecule has 1 aromatic rings. The molecule has 5 heteroatoms. The van der Waals surface area contributed by atoms with Crippen molar-refractivity contribution in [1.29, 1.82) is 0 Å². The fourth-order valence-electron chi connectivity index (χ4n) is 1.61. The highest BCUT2D eigenvalue weighted by molar-refractivity contribution is 7.72. The zero-order chi connectivity index (χ0) is 14.6. The maximum Gasteiger partial charge on any atom is 0.402 e. The van der Waals surface area contributed by atoms with Gasteiger partial charge in [0.05, 0.1) is 12.2 Å². The molecule has 0 fully saturated rings. The summed E-state index contributed by atoms with van der Waals surface area (Å²) in [5.41, 5.74) is 0.690. The lowest BCUT2D eigenvalue weighted by atomic mass is 10.2. The Bertz CT molecular complexity index is 480. The van der Waals surface area contributed by atoms with Crippen molar-refractivity contribution in [2.75, 3.05) is 0 Å². The number of aryl methyl sites for hydroxylation is 1. The van der Waals surface area contributed by atoms with E-state index in [4.69, 9.17) is 9.05 Å². The van der Waals surface area contributed by atoms with E-state index in [0.717, 1.165) is 5.56 Å². The van der Waals surface area contributed by atoms with E-state index in [0.29, 0.717) is 5.56 Å². The van der Waals surface area contributed by atoms with Gasteiger partial charge in [0, 0.05) is 5.56 Å². The molecule has 0 aliphatic carbocycles. The Balaban J connectivity index is 3.11. The molecule has 0 unspecified atom stereocenters. The van der Waals surface area contributed by atoms with Crippen molar-refractivity contribution in [2.45, 2.75) is 46.8 Å². The van der Waals surface area contributed by atoms with Gasteiger partial charge in [-0.25, -0.2) is 0 Å². The summed E-state index contributed by atoms with van der Waals surface area (Å²) in [6.45, 7) is 8.76. The van der Waals surface area contributed by atoms with Gasteiger partial charge in [-0.2, -0.15) is 0 Å². The molecule has 4 nitrogen and oxygen atoms in total. The second-order valence-corrected chi connectivity index (χ2v) is 6.80. The van der Waals surface area contributed by atoms with E-state index in [1.165, 1.54) is 0 Å². The Kier molecular flexibility index (Phi) is 5.48. The molecule has 0 saturated heterocycles. The van der Waals surface area contributed by atoms with Gasteiger partial charge in [-0.05, 0) is 40.7 Å². The number of benzene rings is 1. The van der Waals surface area contributed by atoms with Gasteiger partial charge in [-0.1, -0.05) is 23.8 Å². The first-order valence-corrected chi connectivity index (χ1v) is 7.87. The van der Waals surface area contributed by atoms with E-state index in [1.54, 1.807) is 45.9 Å². The van der Waals surface area contributed by atoms with Crippen molar-refractivity contribution in [3.05, 3.63) is 35.4 Å². The van der Waals surface area contributed by atoms with Crippen LogP contribution in [0.15, 0.2) is 24.3 Å². The van der Waals surface area contributed by atoms with Gasteiger partial charge in [0.25, 0.3) is 5.52 Å². The quantitative estimate of drug-likeness (QED) is 0.735. The molecule has 1 aromatic carbocycles. The molecular weight excluding hydrogens is 263 g/mol. The van der Waals surface area contributed by atoms with E-state index in [2.05, 4.69) is 0 Å². The van der Waals surface area contributed by atoms with Crippen LogP contribution in [0.1, 0.15) is 43.6 Å². The molecule has 0 spiro atoms. The zero-order valence-corrected chi connectivity index (χ0v) is 12.9. The maximum absolute atomic E-state index is 12.7. The summed E-state index contributed by atoms with van der Waals surface area (Å²) < 4.78 is 23.2. The number of carbonyl (C=O) groups excluding carboxylic acids is 1. The Morgan fingerprint density at radius 2 is 1.63 bits per heavy atom. The summed E-state index contributed by atoms with van der Waals surface area (Å²) in [5.74, 6) is 0. The third-order valence-electron chi connectivity index (χ3n) is 2.21. The predicted molar refractivity (Wildman–Crippen MR) is 75.6 cm³/mol. The fraction of sp³-hybridized carbons (Fsp3) is 0.500. The number of carbonyl (C=O) groups is 1. The second-order valence-electron chi connectivity index (χ2n) is 4.98. The number of rotatable bonds is 6. The highest BCUT2D eigenvalue weighted by atomic mass is 31.2. The molecule has 0 N–H and O–H groups in total. The van der Waals surface area contributed by atoms with Gasteiger partial charge in [0.2, 0.25) is 0 Å². The zero-order valence-electron chi connectivity index (χ0n) is 12.0. The van der Waals surface area contributed by atoms with Gasteiger partial charge < -0.3 is 9.05 Å². The van der Waals surface area contributed by atoms with Crippen LogP contribution >= 0.6 is 7.60 Å². The van der Waals surface area contributed by atoms with Crippen molar-refractivity contribution >= 4 is 13.1 Å². The molecule has 0 heterocycles. The third-order valence-corrected chi connectivity index (χ3v) is 4.37. The minimum absolute atomic E-state index is 0.349. The fourth-order valence-corrected chi connectivity index (χ4v) is 3.42. The first-order chi connectivity index (χ1) is 8.74. The summed E-state index contributed by atoms with van der Waals surface area (Å²) in [6, 6.07) is 6.92. The second kappa shape index (κ2) is 6.47. The van der Waals surface area contributed by atoms with E-state index in [9.17, 15) is 9.36 Å². The lowest BCUT2D eigenvalue weighted by Crippen LogP contribution is -2.14. The minimum Gasteiger partial charge on any atom is -0.300 e. The average molecular weight is 284 g/mol. The smallest absolute Gasteiger partial charge is 0.300 e. The minimum atomic E-state index is -3.80. The van der Waals surface area contributed by atoms with Crippen LogP contribution in [0.25, 0.3) is 0 Å². The molecule has 106 valence electrons. The molecular formula is C14H21O4P. The predicted octanol–water partition coefficient (Wildman–Crippen LogP) is 4.18. The van der Waals surface area contributed by atoms with E-state index < -0.39 is 13.1 Å². The summed E-state index contributed by atoms with van der Waals surface area (Å²) in [5, 5.41) is 0. The molecule has 0 bridgehead atoms. The lowest BCUT2D eigenvalue weighted by molar-refractivity contribution is 0.0924. The van der Waals surface area contributed by atoms with Crippen LogP contribution in [0.5, 0.6) is 0 Å². The Labute approximate surface area is 114 Å². The molecule has 0 saturated carbocycles. The van der Waals surface area contributed by atoms with Crippen molar-refractivity contribution in [3.8, 4) is 0 Å². The molecule has 0 radical (unpaired) electrons. The molecule has 1 rings (SSSR count). The number of hydrogen-bond acceptors (Lipinski definition) is 4. The highest BCUT2D eigenvalue weighted by Crippen LogP contribution is 2.53. The van der Waals surface area contributed by atoms with E-state index >= 15 is 0 Å². The Hall–Kier alpha value is -0.960. The van der Waals surface area contributed by atoms with Crippen LogP contribution in [0.2, 0.25) is 0 Å². The SMILES string of the molecule is Cc1cccc(C(=O)P(=O)(OC(C)C)OC(C)C)c1. The van der Waals surface area contributed by atoms with Crippen LogP contribution in [0.4, 0.5) is 0 Å². The Morgan fingerprint density at radius 1 is 1.11 bits per heavy atom. The first-order valence-electron chi connectivity index (χ1n) is 6.33. The van der Waals surface area contributed by atoms with Crippen molar-refractivity contribution in [1.82, 2.24) is 0 Å². The van der Waals surface area contributed by atoms with Crippen LogP contribution in [-0.2, 0) is 13.6 Å². The summed E-state index contributed by atoms with van der Waals surface area (Å²) in [6.07, 6.45) is -0.698. The van der Waals surface area contributed by atoms with E-state index in [-0.39, 0.29) is 12.2 Å². The van der Waals surface area contributed by atoms with Gasteiger partial charge in [-0.15, -0.1) is 0 Å². The van der Waals surface area contributed by atoms with Crippen molar-refractivity contribution in [3.63, 3.8) is 0 Å². The topological polar surface area (TPSA) is 52.6 Å².